The predicted molar refractivity (Wildman–Crippen MR) is 165 cm³/mol. The number of hydrogen-bond donors (Lipinski definition) is 6. The average Bonchev–Trinajstić information content (AvgIpc) is 3.34. The summed E-state index contributed by atoms with van der Waals surface area (Å²) in [5, 5.41) is 20.1. The summed E-state index contributed by atoms with van der Waals surface area (Å²) in [5.74, 6) is -4.81. The molecule has 17 heteroatoms. The molecule has 2 aromatic carbocycles. The van der Waals surface area contributed by atoms with Crippen molar-refractivity contribution in [2.45, 2.75) is 75.5 Å². The Kier molecular flexibility index (Phi) is 10.2. The standard InChI is InChI=1S/C31H36N5O11P/c1-17(37)32-25(15-18-8-10-19(11-9-18)47-48(44,45)46)28(39)33-23-12-13-27(38)35-14-4-7-26(36(35)30(23)41)29(40)34-24-16-22(31(42)43)20-5-2-3-6-21(20)24/h2-3,5-6,8-11,22-26H,4,7,12-16H2,1H3,(H,32,37)(H,33,39)(H,34,40)(H,42,43)(H2,44,45,46)/t22-,23-,24+,25-,26-/m0/s1. The predicted octanol–water partition coefficient (Wildman–Crippen LogP) is 0.648. The molecule has 5 rings (SSSR count). The molecule has 2 saturated heterocycles. The highest BCUT2D eigenvalue weighted by Gasteiger charge is 2.46. The number of fused-ring (bicyclic) bond motifs is 2. The highest BCUT2D eigenvalue weighted by molar-refractivity contribution is 7.46. The van der Waals surface area contributed by atoms with Gasteiger partial charge in [-0.05, 0) is 54.5 Å². The summed E-state index contributed by atoms with van der Waals surface area (Å²) < 4.78 is 15.6. The molecule has 2 heterocycles. The average molecular weight is 686 g/mol. The van der Waals surface area contributed by atoms with E-state index in [4.69, 9.17) is 9.79 Å². The fourth-order valence-corrected chi connectivity index (χ4v) is 6.86. The van der Waals surface area contributed by atoms with Crippen LogP contribution in [0, 0.1) is 0 Å². The third-order valence-corrected chi connectivity index (χ3v) is 9.04. The minimum atomic E-state index is -4.78. The minimum absolute atomic E-state index is 0.0531. The molecule has 0 unspecified atom stereocenters. The number of aliphatic carboxylic acids is 1. The van der Waals surface area contributed by atoms with Crippen molar-refractivity contribution < 1.29 is 52.7 Å². The number of rotatable bonds is 10. The molecular formula is C31H36N5O11P. The first-order valence-corrected chi connectivity index (χ1v) is 16.9. The molecule has 1 aliphatic carbocycles. The molecule has 2 fully saturated rings. The third-order valence-electron chi connectivity index (χ3n) is 8.59. The van der Waals surface area contributed by atoms with Crippen molar-refractivity contribution in [3.63, 3.8) is 0 Å². The summed E-state index contributed by atoms with van der Waals surface area (Å²) in [7, 11) is -4.78. The number of amides is 5. The molecule has 48 heavy (non-hydrogen) atoms. The van der Waals surface area contributed by atoms with Crippen molar-refractivity contribution in [2.75, 3.05) is 6.54 Å². The lowest BCUT2D eigenvalue weighted by molar-refractivity contribution is -0.176. The van der Waals surface area contributed by atoms with Crippen molar-refractivity contribution in [1.29, 1.82) is 0 Å². The highest BCUT2D eigenvalue weighted by Crippen LogP contribution is 2.41. The molecular weight excluding hydrogens is 649 g/mol. The third kappa shape index (κ3) is 7.84. The molecule has 0 aromatic heterocycles. The number of carboxylic acid groups (broad SMARTS) is 1. The quantitative estimate of drug-likeness (QED) is 0.190. The van der Waals surface area contributed by atoms with E-state index in [1.807, 2.05) is 0 Å². The van der Waals surface area contributed by atoms with Crippen LogP contribution in [0.15, 0.2) is 48.5 Å². The zero-order valence-corrected chi connectivity index (χ0v) is 26.8. The van der Waals surface area contributed by atoms with Crippen LogP contribution in [0.3, 0.4) is 0 Å². The number of carbonyl (C=O) groups is 6. The van der Waals surface area contributed by atoms with Crippen molar-refractivity contribution in [2.24, 2.45) is 0 Å². The SMILES string of the molecule is CC(=O)N[C@@H](Cc1ccc(OP(=O)(O)O)cc1)C(=O)N[C@H]1CCC(=O)N2CCC[C@@H](C(=O)N[C@@H]3C[C@H](C(=O)O)c4ccccc43)N2C1=O. The Balaban J connectivity index is 1.32. The summed E-state index contributed by atoms with van der Waals surface area (Å²) in [5.41, 5.74) is 1.77. The molecule has 3 aliphatic rings. The van der Waals surface area contributed by atoms with Crippen LogP contribution in [0.2, 0.25) is 0 Å². The monoisotopic (exact) mass is 685 g/mol. The van der Waals surface area contributed by atoms with Gasteiger partial charge in [0.1, 0.15) is 23.9 Å². The van der Waals surface area contributed by atoms with Crippen LogP contribution in [0.1, 0.15) is 67.7 Å². The molecule has 0 bridgehead atoms. The Bertz CT molecular complexity index is 1660. The van der Waals surface area contributed by atoms with Gasteiger partial charge in [0, 0.05) is 26.3 Å². The van der Waals surface area contributed by atoms with Crippen molar-refractivity contribution in [1.82, 2.24) is 26.0 Å². The number of nitrogens with zero attached hydrogens (tertiary/aromatic N) is 2. The van der Waals surface area contributed by atoms with Gasteiger partial charge in [0.2, 0.25) is 23.6 Å². The Morgan fingerprint density at radius 2 is 1.67 bits per heavy atom. The second-order valence-corrected chi connectivity index (χ2v) is 13.1. The van der Waals surface area contributed by atoms with Gasteiger partial charge in [-0.25, -0.2) is 9.57 Å². The van der Waals surface area contributed by atoms with E-state index in [2.05, 4.69) is 20.5 Å². The number of phosphoric acid groups is 1. The number of hydrazine groups is 1. The zero-order chi connectivity index (χ0) is 34.7. The highest BCUT2D eigenvalue weighted by atomic mass is 31.2. The van der Waals surface area contributed by atoms with Gasteiger partial charge < -0.3 is 25.6 Å². The van der Waals surface area contributed by atoms with Gasteiger partial charge in [0.05, 0.1) is 12.0 Å². The van der Waals surface area contributed by atoms with Crippen molar-refractivity contribution >= 4 is 43.3 Å². The first-order chi connectivity index (χ1) is 22.7. The number of hydrogen-bond acceptors (Lipinski definition) is 8. The van der Waals surface area contributed by atoms with Gasteiger partial charge in [-0.2, -0.15) is 0 Å². The lowest BCUT2D eigenvalue weighted by Crippen LogP contribution is -2.64. The Morgan fingerprint density at radius 1 is 0.979 bits per heavy atom. The fourth-order valence-electron chi connectivity index (χ4n) is 6.47. The Morgan fingerprint density at radius 3 is 2.31 bits per heavy atom. The van der Waals surface area contributed by atoms with E-state index in [0.717, 1.165) is 5.01 Å². The van der Waals surface area contributed by atoms with Crippen LogP contribution in [0.4, 0.5) is 0 Å². The van der Waals surface area contributed by atoms with Crippen molar-refractivity contribution in [3.05, 3.63) is 65.2 Å². The molecule has 0 radical (unpaired) electrons. The van der Waals surface area contributed by atoms with Crippen LogP contribution in [0.25, 0.3) is 0 Å². The zero-order valence-electron chi connectivity index (χ0n) is 25.9. The summed E-state index contributed by atoms with van der Waals surface area (Å²) in [4.78, 5) is 96.3. The number of phosphoric ester groups is 1. The lowest BCUT2D eigenvalue weighted by atomic mass is 10.0. The molecule has 2 aromatic rings. The maximum Gasteiger partial charge on any atom is 0.524 e. The summed E-state index contributed by atoms with van der Waals surface area (Å²) >= 11 is 0. The van der Waals surface area contributed by atoms with E-state index >= 15 is 0 Å². The molecule has 16 nitrogen and oxygen atoms in total. The maximum absolute atomic E-state index is 14.0. The fraction of sp³-hybridized carbons (Fsp3) is 0.419. The van der Waals surface area contributed by atoms with E-state index in [1.165, 1.54) is 36.2 Å². The van der Waals surface area contributed by atoms with E-state index in [-0.39, 0.29) is 44.4 Å². The largest absolute Gasteiger partial charge is 0.524 e. The smallest absolute Gasteiger partial charge is 0.481 e. The van der Waals surface area contributed by atoms with E-state index in [9.17, 15) is 38.4 Å². The molecule has 256 valence electrons. The van der Waals surface area contributed by atoms with Gasteiger partial charge in [-0.15, -0.1) is 0 Å². The number of carboxylic acids is 1. The molecule has 6 N–H and O–H groups in total. The van der Waals surface area contributed by atoms with Gasteiger partial charge in [-0.1, -0.05) is 36.4 Å². The summed E-state index contributed by atoms with van der Waals surface area (Å²) in [6.45, 7) is 1.40. The molecule has 0 saturated carbocycles. The minimum Gasteiger partial charge on any atom is -0.481 e. The second-order valence-electron chi connectivity index (χ2n) is 12.0. The van der Waals surface area contributed by atoms with E-state index in [1.54, 1.807) is 24.3 Å². The summed E-state index contributed by atoms with van der Waals surface area (Å²) in [6, 6.07) is 8.34. The second kappa shape index (κ2) is 14.1. The van der Waals surface area contributed by atoms with Crippen LogP contribution >= 0.6 is 7.82 Å². The van der Waals surface area contributed by atoms with Crippen molar-refractivity contribution in [3.8, 4) is 5.75 Å². The molecule has 2 aliphatic heterocycles. The number of carbonyl (C=O) groups excluding carboxylic acids is 5. The molecule has 5 amide bonds. The van der Waals surface area contributed by atoms with Crippen LogP contribution in [-0.4, -0.2) is 85.1 Å². The maximum atomic E-state index is 14.0. The van der Waals surface area contributed by atoms with Gasteiger partial charge in [0.25, 0.3) is 5.91 Å². The van der Waals surface area contributed by atoms with Crippen LogP contribution in [0.5, 0.6) is 5.75 Å². The van der Waals surface area contributed by atoms with Gasteiger partial charge in [0.15, 0.2) is 0 Å². The lowest BCUT2D eigenvalue weighted by Gasteiger charge is -2.43. The van der Waals surface area contributed by atoms with Crippen LogP contribution in [-0.2, 0) is 39.8 Å². The topological polar surface area (TPSA) is 232 Å². The first kappa shape index (κ1) is 34.5. The Labute approximate surface area is 275 Å². The Hall–Kier alpha value is -4.79. The molecule has 0 spiro atoms. The van der Waals surface area contributed by atoms with Gasteiger partial charge >= 0.3 is 13.8 Å². The van der Waals surface area contributed by atoms with E-state index in [0.29, 0.717) is 23.1 Å². The van der Waals surface area contributed by atoms with Crippen LogP contribution < -0.4 is 20.5 Å². The number of benzene rings is 2. The normalized spacial score (nSPS) is 22.9. The van der Waals surface area contributed by atoms with E-state index < -0.39 is 73.4 Å². The summed E-state index contributed by atoms with van der Waals surface area (Å²) in [6.07, 6.45) is 0.599. The van der Waals surface area contributed by atoms with Gasteiger partial charge in [-0.3, -0.25) is 43.6 Å². The first-order valence-electron chi connectivity index (χ1n) is 15.4. The number of nitrogens with one attached hydrogen (secondary N) is 3. The molecule has 5 atom stereocenters.